The Kier molecular flexibility index (Phi) is 7.92. The van der Waals surface area contributed by atoms with Crippen LogP contribution < -0.4 is 20.3 Å². The largest absolute Gasteiger partial charge is 0.494 e. The lowest BCUT2D eigenvalue weighted by atomic mass is 10.1. The summed E-state index contributed by atoms with van der Waals surface area (Å²) < 4.78 is 50.6. The highest BCUT2D eigenvalue weighted by atomic mass is 32.1. The molecule has 0 atom stereocenters. The average molecular weight is 468 g/mol. The van der Waals surface area contributed by atoms with Crippen LogP contribution in [0.2, 0.25) is 0 Å². The van der Waals surface area contributed by atoms with Crippen LogP contribution in [0.4, 0.5) is 24.5 Å². The first-order valence-corrected chi connectivity index (χ1v) is 10.6. The number of thiocarbonyl (C=S) groups is 1. The van der Waals surface area contributed by atoms with Crippen LogP contribution in [-0.2, 0) is 10.9 Å². The predicted octanol–water partition coefficient (Wildman–Crippen LogP) is 4.46. The summed E-state index contributed by atoms with van der Waals surface area (Å²) in [5.41, 5.74) is 0.215. The van der Waals surface area contributed by atoms with Gasteiger partial charge in [-0.15, -0.1) is 0 Å². The number of halogens is 3. The Morgan fingerprint density at radius 2 is 1.94 bits per heavy atom. The molecule has 0 spiro atoms. The van der Waals surface area contributed by atoms with Gasteiger partial charge in [0.2, 0.25) is 0 Å². The first kappa shape index (κ1) is 23.8. The van der Waals surface area contributed by atoms with Crippen LogP contribution in [0.15, 0.2) is 42.5 Å². The van der Waals surface area contributed by atoms with Gasteiger partial charge in [-0.2, -0.15) is 13.2 Å². The SMILES string of the molecule is CCCOc1cccc(C(=O)NC(=S)Nc2cc(C(F)(F)F)ccc2N2CCOCC2)c1. The maximum atomic E-state index is 13.3. The second kappa shape index (κ2) is 10.6. The second-order valence-electron chi connectivity index (χ2n) is 7.11. The van der Waals surface area contributed by atoms with Crippen LogP contribution in [0.1, 0.15) is 29.3 Å². The van der Waals surface area contributed by atoms with Crippen molar-refractivity contribution >= 4 is 34.6 Å². The molecular formula is C22H24F3N3O3S. The molecule has 1 aliphatic heterocycles. The zero-order chi connectivity index (χ0) is 23.1. The molecule has 32 heavy (non-hydrogen) atoms. The van der Waals surface area contributed by atoms with Crippen molar-refractivity contribution in [1.82, 2.24) is 5.32 Å². The normalized spacial score (nSPS) is 14.1. The minimum atomic E-state index is -4.51. The smallest absolute Gasteiger partial charge is 0.416 e. The summed E-state index contributed by atoms with van der Waals surface area (Å²) in [4.78, 5) is 14.5. The van der Waals surface area contributed by atoms with Gasteiger partial charge >= 0.3 is 6.18 Å². The summed E-state index contributed by atoms with van der Waals surface area (Å²) >= 11 is 5.21. The summed E-state index contributed by atoms with van der Waals surface area (Å²) in [7, 11) is 0. The number of amides is 1. The van der Waals surface area contributed by atoms with Gasteiger partial charge < -0.3 is 19.7 Å². The molecule has 10 heteroatoms. The summed E-state index contributed by atoms with van der Waals surface area (Å²) in [5, 5.41) is 5.17. The highest BCUT2D eigenvalue weighted by Crippen LogP contribution is 2.35. The van der Waals surface area contributed by atoms with E-state index in [0.29, 0.717) is 49.9 Å². The van der Waals surface area contributed by atoms with E-state index in [-0.39, 0.29) is 10.8 Å². The zero-order valence-corrected chi connectivity index (χ0v) is 18.3. The molecule has 0 aromatic heterocycles. The number of ether oxygens (including phenoxy) is 2. The average Bonchev–Trinajstić information content (AvgIpc) is 2.77. The Balaban J connectivity index is 1.76. The zero-order valence-electron chi connectivity index (χ0n) is 17.5. The molecule has 2 aromatic rings. The summed E-state index contributed by atoms with van der Waals surface area (Å²) in [5.74, 6) is 0.0511. The van der Waals surface area contributed by atoms with Crippen molar-refractivity contribution in [1.29, 1.82) is 0 Å². The lowest BCUT2D eigenvalue weighted by Gasteiger charge is -2.31. The molecule has 1 heterocycles. The van der Waals surface area contributed by atoms with Crippen LogP contribution in [0.5, 0.6) is 5.75 Å². The second-order valence-corrected chi connectivity index (χ2v) is 7.52. The van der Waals surface area contributed by atoms with Crippen LogP contribution in [0, 0.1) is 0 Å². The van der Waals surface area contributed by atoms with E-state index in [1.807, 2.05) is 11.8 Å². The molecule has 1 aliphatic rings. The van der Waals surface area contributed by atoms with Gasteiger partial charge in [0.05, 0.1) is 36.8 Å². The van der Waals surface area contributed by atoms with Crippen LogP contribution in [-0.4, -0.2) is 43.9 Å². The molecule has 172 valence electrons. The number of hydrogen-bond acceptors (Lipinski definition) is 5. The summed E-state index contributed by atoms with van der Waals surface area (Å²) in [6.45, 7) is 4.49. The number of benzene rings is 2. The molecule has 0 aliphatic carbocycles. The number of carbonyl (C=O) groups is 1. The van der Waals surface area contributed by atoms with Crippen molar-refractivity contribution in [3.05, 3.63) is 53.6 Å². The van der Waals surface area contributed by atoms with Gasteiger partial charge in [-0.25, -0.2) is 0 Å². The molecule has 2 aromatic carbocycles. The molecule has 1 saturated heterocycles. The maximum Gasteiger partial charge on any atom is 0.416 e. The molecule has 0 unspecified atom stereocenters. The Bertz CT molecular complexity index is 963. The van der Waals surface area contributed by atoms with Gasteiger partial charge in [0.1, 0.15) is 5.75 Å². The first-order valence-electron chi connectivity index (χ1n) is 10.2. The van der Waals surface area contributed by atoms with E-state index in [4.69, 9.17) is 21.7 Å². The van der Waals surface area contributed by atoms with E-state index in [1.165, 1.54) is 6.07 Å². The number of hydrogen-bond donors (Lipinski definition) is 2. The van der Waals surface area contributed by atoms with Crippen LogP contribution in [0.25, 0.3) is 0 Å². The van der Waals surface area contributed by atoms with E-state index in [0.717, 1.165) is 18.6 Å². The van der Waals surface area contributed by atoms with E-state index in [9.17, 15) is 18.0 Å². The van der Waals surface area contributed by atoms with Crippen molar-refractivity contribution in [3.63, 3.8) is 0 Å². The van der Waals surface area contributed by atoms with Gasteiger partial charge in [-0.05, 0) is 55.0 Å². The predicted molar refractivity (Wildman–Crippen MR) is 120 cm³/mol. The van der Waals surface area contributed by atoms with Gasteiger partial charge in [0, 0.05) is 18.7 Å². The van der Waals surface area contributed by atoms with Gasteiger partial charge in [-0.3, -0.25) is 10.1 Å². The molecule has 2 N–H and O–H groups in total. The number of carbonyl (C=O) groups excluding carboxylic acids is 1. The molecule has 0 saturated carbocycles. The van der Waals surface area contributed by atoms with E-state index >= 15 is 0 Å². The molecule has 1 amide bonds. The topological polar surface area (TPSA) is 62.8 Å². The first-order chi connectivity index (χ1) is 15.3. The molecule has 0 bridgehead atoms. The Hall–Kier alpha value is -2.85. The third-order valence-electron chi connectivity index (χ3n) is 4.72. The van der Waals surface area contributed by atoms with Crippen molar-refractivity contribution in [3.8, 4) is 5.75 Å². The van der Waals surface area contributed by atoms with Gasteiger partial charge in [0.15, 0.2) is 5.11 Å². The standard InChI is InChI=1S/C22H24F3N3O3S/c1-2-10-31-17-5-3-4-15(13-17)20(29)27-21(32)26-18-14-16(22(23,24)25)6-7-19(18)28-8-11-30-12-9-28/h3-7,13-14H,2,8-12H2,1H3,(H2,26,27,29,32). The molecular weight excluding hydrogens is 443 g/mol. The van der Waals surface area contributed by atoms with Gasteiger partial charge in [-0.1, -0.05) is 13.0 Å². The fraction of sp³-hybridized carbons (Fsp3) is 0.364. The Morgan fingerprint density at radius 3 is 2.62 bits per heavy atom. The quantitative estimate of drug-likeness (QED) is 0.612. The monoisotopic (exact) mass is 467 g/mol. The molecule has 3 rings (SSSR count). The van der Waals surface area contributed by atoms with Crippen LogP contribution >= 0.6 is 12.2 Å². The Morgan fingerprint density at radius 1 is 1.19 bits per heavy atom. The third-order valence-corrected chi connectivity index (χ3v) is 4.92. The summed E-state index contributed by atoms with van der Waals surface area (Å²) in [6, 6.07) is 10.0. The number of alkyl halides is 3. The van der Waals surface area contributed by atoms with E-state index < -0.39 is 17.6 Å². The van der Waals surface area contributed by atoms with Crippen molar-refractivity contribution < 1.29 is 27.4 Å². The van der Waals surface area contributed by atoms with E-state index in [2.05, 4.69) is 10.6 Å². The number of morpholine rings is 1. The van der Waals surface area contributed by atoms with E-state index in [1.54, 1.807) is 24.3 Å². The minimum absolute atomic E-state index is 0.108. The number of rotatable bonds is 6. The Labute approximate surface area is 189 Å². The van der Waals surface area contributed by atoms with Gasteiger partial charge in [0.25, 0.3) is 5.91 Å². The number of nitrogens with one attached hydrogen (secondary N) is 2. The fourth-order valence-corrected chi connectivity index (χ4v) is 3.37. The van der Waals surface area contributed by atoms with Crippen molar-refractivity contribution in [2.75, 3.05) is 43.1 Å². The van der Waals surface area contributed by atoms with Crippen molar-refractivity contribution in [2.45, 2.75) is 19.5 Å². The highest BCUT2D eigenvalue weighted by Gasteiger charge is 2.31. The maximum absolute atomic E-state index is 13.3. The fourth-order valence-electron chi connectivity index (χ4n) is 3.17. The third kappa shape index (κ3) is 6.33. The lowest BCUT2D eigenvalue weighted by molar-refractivity contribution is -0.137. The molecule has 1 fully saturated rings. The lowest BCUT2D eigenvalue weighted by Crippen LogP contribution is -2.38. The summed E-state index contributed by atoms with van der Waals surface area (Å²) in [6.07, 6.45) is -3.68. The van der Waals surface area contributed by atoms with Crippen LogP contribution in [0.3, 0.4) is 0 Å². The molecule has 0 radical (unpaired) electrons. The highest BCUT2D eigenvalue weighted by molar-refractivity contribution is 7.80. The van der Waals surface area contributed by atoms with Crippen molar-refractivity contribution in [2.24, 2.45) is 0 Å². The number of nitrogens with zero attached hydrogens (tertiary/aromatic N) is 1. The number of anilines is 2. The molecule has 6 nitrogen and oxygen atoms in total. The minimum Gasteiger partial charge on any atom is -0.494 e.